The first kappa shape index (κ1) is 22.2. The van der Waals surface area contributed by atoms with Crippen LogP contribution in [-0.2, 0) is 19.1 Å². The van der Waals surface area contributed by atoms with E-state index in [0.29, 0.717) is 6.42 Å². The molecule has 0 saturated heterocycles. The van der Waals surface area contributed by atoms with Crippen LogP contribution in [0.3, 0.4) is 0 Å². The highest BCUT2D eigenvalue weighted by molar-refractivity contribution is 5.90. The van der Waals surface area contributed by atoms with Gasteiger partial charge in [-0.05, 0) is 6.42 Å². The van der Waals surface area contributed by atoms with Gasteiger partial charge in [0.1, 0.15) is 0 Å². The number of carbonyl (C=O) groups excluding carboxylic acids is 2. The van der Waals surface area contributed by atoms with E-state index in [2.05, 4.69) is 11.7 Å². The number of rotatable bonds is 13. The number of unbranched alkanes of at least 4 members (excludes halogenated alkanes) is 8. The van der Waals surface area contributed by atoms with Crippen LogP contribution >= 0.6 is 0 Å². The Bertz CT molecular complexity index is 501. The van der Waals surface area contributed by atoms with Crippen LogP contribution in [0.25, 0.3) is 0 Å². The van der Waals surface area contributed by atoms with Crippen molar-refractivity contribution < 1.29 is 39.5 Å². The van der Waals surface area contributed by atoms with Gasteiger partial charge in [0.05, 0.1) is 6.61 Å². The highest BCUT2D eigenvalue weighted by atomic mass is 16.8. The van der Waals surface area contributed by atoms with E-state index < -0.39 is 42.0 Å². The summed E-state index contributed by atoms with van der Waals surface area (Å²) in [7, 11) is 0. The molecule has 8 nitrogen and oxygen atoms in total. The molecule has 0 bridgehead atoms. The largest absolute Gasteiger partial charge is 0.502 e. The fourth-order valence-corrected chi connectivity index (χ4v) is 2.78. The molecule has 0 aromatic carbocycles. The molecule has 0 spiro atoms. The molecule has 1 heterocycles. The van der Waals surface area contributed by atoms with Crippen LogP contribution in [0, 0.1) is 0 Å². The van der Waals surface area contributed by atoms with Crippen molar-refractivity contribution in [1.29, 1.82) is 0 Å². The summed E-state index contributed by atoms with van der Waals surface area (Å²) in [6.07, 6.45) is 7.66. The topological polar surface area (TPSA) is 134 Å². The normalized spacial score (nSPS) is 21.0. The number of aliphatic hydroxyl groups is 4. The lowest BCUT2D eigenvalue weighted by Crippen LogP contribution is -2.50. The first-order valence-electron chi connectivity index (χ1n) is 9.25. The lowest BCUT2D eigenvalue weighted by molar-refractivity contribution is -0.249. The Morgan fingerprint density at radius 3 is 2.08 bits per heavy atom. The Balaban J connectivity index is 2.37. The molecule has 8 heteroatoms. The molecule has 1 aliphatic heterocycles. The number of aliphatic hydroxyl groups excluding tert-OH is 4. The maximum atomic E-state index is 12.0. The van der Waals surface area contributed by atoms with Crippen LogP contribution in [0.5, 0.6) is 0 Å². The molecule has 0 amide bonds. The van der Waals surface area contributed by atoms with Gasteiger partial charge in [-0.25, -0.2) is 4.79 Å². The first-order chi connectivity index (χ1) is 12.4. The Morgan fingerprint density at radius 2 is 1.62 bits per heavy atom. The molecule has 0 radical (unpaired) electrons. The van der Waals surface area contributed by atoms with Gasteiger partial charge in [0.2, 0.25) is 11.5 Å². The molecule has 0 aliphatic carbocycles. The van der Waals surface area contributed by atoms with Crippen molar-refractivity contribution in [3.8, 4) is 0 Å². The molecule has 0 saturated carbocycles. The number of esters is 2. The van der Waals surface area contributed by atoms with Gasteiger partial charge in [-0.3, -0.25) is 4.79 Å². The quantitative estimate of drug-likeness (QED) is 0.285. The number of ether oxygens (including phenoxy) is 2. The molecule has 0 aromatic rings. The molecular weight excluding hydrogens is 344 g/mol. The van der Waals surface area contributed by atoms with E-state index in [1.165, 1.54) is 32.1 Å². The van der Waals surface area contributed by atoms with Crippen molar-refractivity contribution in [3.63, 3.8) is 0 Å². The number of carbonyl (C=O) groups is 2. The van der Waals surface area contributed by atoms with Crippen molar-refractivity contribution >= 4 is 11.9 Å². The zero-order valence-electron chi connectivity index (χ0n) is 15.3. The monoisotopic (exact) mass is 374 g/mol. The van der Waals surface area contributed by atoms with Gasteiger partial charge in [-0.15, -0.1) is 0 Å². The fourth-order valence-electron chi connectivity index (χ4n) is 2.78. The van der Waals surface area contributed by atoms with E-state index in [-0.39, 0.29) is 6.42 Å². The molecule has 0 aromatic heterocycles. The van der Waals surface area contributed by atoms with Gasteiger partial charge in [0.25, 0.3) is 0 Å². The second-order valence-corrected chi connectivity index (χ2v) is 6.51. The van der Waals surface area contributed by atoms with E-state index in [1.807, 2.05) is 0 Å². The van der Waals surface area contributed by atoms with Gasteiger partial charge < -0.3 is 29.9 Å². The first-order valence-corrected chi connectivity index (χ1v) is 9.25. The van der Waals surface area contributed by atoms with Crippen molar-refractivity contribution in [2.45, 2.75) is 83.0 Å². The van der Waals surface area contributed by atoms with Crippen LogP contribution in [-0.4, -0.2) is 50.9 Å². The van der Waals surface area contributed by atoms with Crippen LogP contribution in [0.15, 0.2) is 11.5 Å². The minimum atomic E-state index is -2.59. The zero-order chi connectivity index (χ0) is 19.6. The Hall–Kier alpha value is -1.80. The molecular formula is C18H30O8. The summed E-state index contributed by atoms with van der Waals surface area (Å²) >= 11 is 0. The van der Waals surface area contributed by atoms with E-state index in [0.717, 1.165) is 19.3 Å². The second kappa shape index (κ2) is 11.0. The summed E-state index contributed by atoms with van der Waals surface area (Å²) < 4.78 is 9.54. The van der Waals surface area contributed by atoms with Gasteiger partial charge in [-0.1, -0.05) is 58.3 Å². The lowest BCUT2D eigenvalue weighted by Gasteiger charge is -2.30. The molecule has 26 heavy (non-hydrogen) atoms. The molecule has 2 atom stereocenters. The van der Waals surface area contributed by atoms with Gasteiger partial charge in [0, 0.05) is 6.42 Å². The lowest BCUT2D eigenvalue weighted by atomic mass is 10.1. The maximum absolute atomic E-state index is 12.0. The Labute approximate surface area is 153 Å². The third-order valence-corrected chi connectivity index (χ3v) is 4.35. The average Bonchev–Trinajstić information content (AvgIpc) is 2.84. The van der Waals surface area contributed by atoms with Crippen LogP contribution < -0.4 is 0 Å². The molecule has 150 valence electrons. The summed E-state index contributed by atoms with van der Waals surface area (Å²) in [5.41, 5.74) is 0. The van der Waals surface area contributed by atoms with Crippen molar-refractivity contribution in [1.82, 2.24) is 0 Å². The van der Waals surface area contributed by atoms with Crippen LogP contribution in [0.1, 0.15) is 71.1 Å². The predicted molar refractivity (Wildman–Crippen MR) is 92.1 cm³/mol. The summed E-state index contributed by atoms with van der Waals surface area (Å²) in [4.78, 5) is 23.3. The van der Waals surface area contributed by atoms with Crippen LogP contribution in [0.4, 0.5) is 0 Å². The third-order valence-electron chi connectivity index (χ3n) is 4.35. The summed E-state index contributed by atoms with van der Waals surface area (Å²) in [6, 6.07) is 0. The number of hydrogen-bond donors (Lipinski definition) is 4. The smallest absolute Gasteiger partial charge is 0.381 e. The van der Waals surface area contributed by atoms with Crippen LogP contribution in [0.2, 0.25) is 0 Å². The summed E-state index contributed by atoms with van der Waals surface area (Å²) in [6.45, 7) is 1.22. The van der Waals surface area contributed by atoms with Gasteiger partial charge in [-0.2, -0.15) is 0 Å². The van der Waals surface area contributed by atoms with Gasteiger partial charge >= 0.3 is 17.7 Å². The highest BCUT2D eigenvalue weighted by Crippen LogP contribution is 2.35. The summed E-state index contributed by atoms with van der Waals surface area (Å²) in [5, 5.41) is 38.0. The molecule has 0 unspecified atom stereocenters. The zero-order valence-corrected chi connectivity index (χ0v) is 15.3. The number of cyclic esters (lactones) is 1. The minimum absolute atomic E-state index is 0.00132. The van der Waals surface area contributed by atoms with E-state index in [4.69, 9.17) is 9.84 Å². The van der Waals surface area contributed by atoms with E-state index in [1.54, 1.807) is 0 Å². The standard InChI is InChI=1S/C18H30O8/c1-2-3-4-5-6-7-8-9-10-11-14(21)25-18(13(20)12-19)16(23)15(22)17(24)26-18/h13,19-20,22-23H,2-12H2,1H3/t13-,18+/m0/s1. The SMILES string of the molecule is CCCCCCCCCCCC(=O)O[C@]1([C@@H](O)CO)OC(=O)C(O)=C1O. The molecule has 0 fully saturated rings. The number of hydrogen-bond acceptors (Lipinski definition) is 8. The molecule has 1 rings (SSSR count). The molecule has 4 N–H and O–H groups in total. The van der Waals surface area contributed by atoms with E-state index >= 15 is 0 Å². The third kappa shape index (κ3) is 5.88. The Morgan fingerprint density at radius 1 is 1.08 bits per heavy atom. The fraction of sp³-hybridized carbons (Fsp3) is 0.778. The summed E-state index contributed by atoms with van der Waals surface area (Å²) in [5.74, 6) is -7.02. The maximum Gasteiger partial charge on any atom is 0.381 e. The Kier molecular flexibility index (Phi) is 9.43. The van der Waals surface area contributed by atoms with E-state index in [9.17, 15) is 24.9 Å². The average molecular weight is 374 g/mol. The van der Waals surface area contributed by atoms with Crippen molar-refractivity contribution in [3.05, 3.63) is 11.5 Å². The van der Waals surface area contributed by atoms with Gasteiger partial charge in [0.15, 0.2) is 6.10 Å². The molecule has 1 aliphatic rings. The van der Waals surface area contributed by atoms with Crippen molar-refractivity contribution in [2.75, 3.05) is 6.61 Å². The predicted octanol–water partition coefficient (Wildman–Crippen LogP) is 2.38. The minimum Gasteiger partial charge on any atom is -0.502 e. The highest BCUT2D eigenvalue weighted by Gasteiger charge is 2.57. The second-order valence-electron chi connectivity index (χ2n) is 6.51. The van der Waals surface area contributed by atoms with Crippen molar-refractivity contribution in [2.24, 2.45) is 0 Å².